The number of hydrogen-bond acceptors (Lipinski definition) is 3. The number of carbonyl (C=O) groups is 1. The predicted molar refractivity (Wildman–Crippen MR) is 7.15 cm³/mol. The van der Waals surface area contributed by atoms with Crippen LogP contribution in [0, 0.1) is 0 Å². The van der Waals surface area contributed by atoms with Crippen LogP contribution in [0.3, 0.4) is 0 Å². The molecule has 5 heteroatoms. The van der Waals surface area contributed by atoms with Gasteiger partial charge in [0, 0.05) is 0 Å². The largest absolute Gasteiger partial charge is 1.00 e. The number of carbonyl (C=O) groups excluding carboxylic acids is 1. The van der Waals surface area contributed by atoms with E-state index >= 15 is 0 Å². The van der Waals surface area contributed by atoms with Crippen molar-refractivity contribution in [2.45, 2.75) is 0 Å². The van der Waals surface area contributed by atoms with Gasteiger partial charge in [-0.15, -0.1) is 0 Å². The summed E-state index contributed by atoms with van der Waals surface area (Å²) in [6.07, 6.45) is 0. The van der Waals surface area contributed by atoms with Gasteiger partial charge >= 0.3 is 37.7 Å². The molecule has 0 aromatic heterocycles. The summed E-state index contributed by atoms with van der Waals surface area (Å²) in [7, 11) is 0. The van der Waals surface area contributed by atoms with E-state index in [9.17, 15) is 0 Å². The van der Waals surface area contributed by atoms with Crippen molar-refractivity contribution < 1.29 is 52.7 Å². The van der Waals surface area contributed by atoms with Crippen LogP contribution in [0.1, 0.15) is 0 Å². The Kier molecular flexibility index (Phi) is 46.4. The molecule has 0 aromatic rings. The van der Waals surface area contributed by atoms with E-state index in [1.54, 1.807) is 0 Å². The Bertz CT molecular complexity index is 22.8. The average Bonchev–Trinajstić information content (AvgIpc) is 1.37. The summed E-state index contributed by atoms with van der Waals surface area (Å²) in [4.78, 5) is 11.2. The van der Waals surface area contributed by atoms with Crippen molar-refractivity contribution in [1.82, 2.24) is 0 Å². The monoisotopic (exact) mass is 75.0 g/mol. The zero-order chi connectivity index (χ0) is 3.41. The van der Waals surface area contributed by atoms with E-state index in [4.69, 9.17) is 10.1 Å². The quantitative estimate of drug-likeness (QED) is 0.135. The first kappa shape index (κ1) is 16.0. The molecular weight excluding hydrogens is 73.9 g/mol. The van der Waals surface area contributed by atoms with E-state index in [-0.39, 0.29) is 44.2 Å². The maximum absolute atomic E-state index is 8.64. The molecule has 0 saturated carbocycles. The van der Waals surface area contributed by atoms with Crippen molar-refractivity contribution >= 4 is 6.47 Å². The summed E-state index contributed by atoms with van der Waals surface area (Å²) >= 11 is 0. The van der Waals surface area contributed by atoms with Gasteiger partial charge in [0.2, 0.25) is 0 Å². The standard InChI is InChI=1S/CH2O3.2Li/c2-1-4-3;;/h1,3H;;/q;2*+1/p-1. The first-order valence-corrected chi connectivity index (χ1v) is 0.638. The molecule has 0 radical (unpaired) electrons. The van der Waals surface area contributed by atoms with E-state index in [0.29, 0.717) is 0 Å². The van der Waals surface area contributed by atoms with Gasteiger partial charge in [0.25, 0.3) is 6.47 Å². The first-order valence-electron chi connectivity index (χ1n) is 0.638. The molecule has 0 unspecified atom stereocenters. The summed E-state index contributed by atoms with van der Waals surface area (Å²) in [5.41, 5.74) is 0. The van der Waals surface area contributed by atoms with Gasteiger partial charge in [0.1, 0.15) is 0 Å². The Morgan fingerprint density at radius 3 is 1.67 bits per heavy atom. The minimum absolute atomic E-state index is 0. The fourth-order valence-electron chi connectivity index (χ4n) is 0. The van der Waals surface area contributed by atoms with Gasteiger partial charge in [-0.2, -0.15) is 0 Å². The van der Waals surface area contributed by atoms with Crippen LogP contribution in [0.2, 0.25) is 0 Å². The van der Waals surface area contributed by atoms with Gasteiger partial charge in [-0.05, 0) is 0 Å². The molecule has 0 fully saturated rings. The van der Waals surface area contributed by atoms with E-state index < -0.39 is 0 Å². The zero-order valence-electron chi connectivity index (χ0n) is 3.80. The van der Waals surface area contributed by atoms with E-state index in [1.165, 1.54) is 0 Å². The van der Waals surface area contributed by atoms with Crippen molar-refractivity contribution in [3.05, 3.63) is 0 Å². The molecule has 3 nitrogen and oxygen atoms in total. The van der Waals surface area contributed by atoms with Crippen molar-refractivity contribution in [3.63, 3.8) is 0 Å². The number of hydrogen-bond donors (Lipinski definition) is 0. The fraction of sp³-hybridized carbons (Fsp3) is 0. The van der Waals surface area contributed by atoms with Crippen molar-refractivity contribution in [3.8, 4) is 0 Å². The summed E-state index contributed by atoms with van der Waals surface area (Å²) in [6.45, 7) is -0.181. The van der Waals surface area contributed by atoms with E-state index in [2.05, 4.69) is 4.89 Å². The van der Waals surface area contributed by atoms with Gasteiger partial charge in [-0.3, -0.25) is 4.79 Å². The maximum atomic E-state index is 8.64. The zero-order valence-corrected chi connectivity index (χ0v) is 3.80. The second kappa shape index (κ2) is 17.5. The summed E-state index contributed by atoms with van der Waals surface area (Å²) in [5.74, 6) is 0. The summed E-state index contributed by atoms with van der Waals surface area (Å²) in [5, 5.41) is 8.43. The van der Waals surface area contributed by atoms with Crippen LogP contribution in [-0.4, -0.2) is 6.47 Å². The normalized spacial score (nSPS) is 3.50. The van der Waals surface area contributed by atoms with Gasteiger partial charge < -0.3 is 10.1 Å². The van der Waals surface area contributed by atoms with Crippen LogP contribution in [-0.2, 0) is 9.68 Å². The van der Waals surface area contributed by atoms with E-state index in [0.717, 1.165) is 0 Å². The molecule has 6 heavy (non-hydrogen) atoms. The summed E-state index contributed by atoms with van der Waals surface area (Å²) in [6, 6.07) is 0. The molecule has 0 aliphatic heterocycles. The fourth-order valence-corrected chi connectivity index (χ4v) is 0. The second-order valence-corrected chi connectivity index (χ2v) is 0.192. The molecule has 0 rings (SSSR count). The Labute approximate surface area is 59.3 Å². The van der Waals surface area contributed by atoms with E-state index in [1.807, 2.05) is 0 Å². The third-order valence-electron chi connectivity index (χ3n) is 0.0393. The maximum Gasteiger partial charge on any atom is 1.00 e. The topological polar surface area (TPSA) is 49.4 Å². The predicted octanol–water partition coefficient (Wildman–Crippen LogP) is -7.56. The Balaban J connectivity index is -0.0000000450. The van der Waals surface area contributed by atoms with Crippen LogP contribution in [0.15, 0.2) is 0 Å². The van der Waals surface area contributed by atoms with Crippen molar-refractivity contribution in [1.29, 1.82) is 0 Å². The molecule has 0 bridgehead atoms. The Hall–Kier alpha value is 0.625. The Morgan fingerprint density at radius 2 is 1.67 bits per heavy atom. The molecule has 0 N–H and O–H groups in total. The van der Waals surface area contributed by atoms with Crippen LogP contribution in [0.5, 0.6) is 0 Å². The van der Waals surface area contributed by atoms with Crippen molar-refractivity contribution in [2.75, 3.05) is 0 Å². The van der Waals surface area contributed by atoms with Gasteiger partial charge in [0.05, 0.1) is 0 Å². The van der Waals surface area contributed by atoms with Gasteiger partial charge in [-0.1, -0.05) is 0 Å². The number of rotatable bonds is 1. The minimum atomic E-state index is -0.181. The first-order chi connectivity index (χ1) is 1.91. The van der Waals surface area contributed by atoms with Crippen LogP contribution in [0.4, 0.5) is 0 Å². The molecule has 0 atom stereocenters. The molecule has 24 valence electrons. The van der Waals surface area contributed by atoms with Crippen LogP contribution < -0.4 is 43.0 Å². The molecule has 0 aromatic carbocycles. The molecule has 0 spiro atoms. The summed E-state index contributed by atoms with van der Waals surface area (Å²) < 4.78 is 0. The van der Waals surface area contributed by atoms with Gasteiger partial charge in [-0.25, -0.2) is 0 Å². The molecule has 0 aliphatic carbocycles. The molecule has 0 heterocycles. The van der Waals surface area contributed by atoms with Crippen LogP contribution >= 0.6 is 0 Å². The average molecular weight is 74.9 g/mol. The third-order valence-corrected chi connectivity index (χ3v) is 0.0393. The van der Waals surface area contributed by atoms with Crippen molar-refractivity contribution in [2.24, 2.45) is 0 Å². The molecule has 0 amide bonds. The molecule has 0 saturated heterocycles. The molecular formula is CHLi2O3+. The van der Waals surface area contributed by atoms with Gasteiger partial charge in [0.15, 0.2) is 0 Å². The smallest absolute Gasteiger partial charge is 0.662 e. The SMILES string of the molecule is O=CO[O-].[Li+].[Li+]. The Morgan fingerprint density at radius 1 is 1.50 bits per heavy atom. The third kappa shape index (κ3) is 23.0. The van der Waals surface area contributed by atoms with Crippen LogP contribution in [0.25, 0.3) is 0 Å². The second-order valence-electron chi connectivity index (χ2n) is 0.192. The minimum Gasteiger partial charge on any atom is -0.662 e. The molecule has 0 aliphatic rings.